The Hall–Kier alpha value is -0.450. The number of furan rings is 1. The van der Waals surface area contributed by atoms with E-state index in [9.17, 15) is 0 Å². The highest BCUT2D eigenvalue weighted by Crippen LogP contribution is 2.22. The fourth-order valence-electron chi connectivity index (χ4n) is 3.33. The zero-order valence-corrected chi connectivity index (χ0v) is 13.1. The van der Waals surface area contributed by atoms with E-state index in [4.69, 9.17) is 4.42 Å². The van der Waals surface area contributed by atoms with Crippen molar-refractivity contribution in [1.82, 2.24) is 9.80 Å². The van der Waals surface area contributed by atoms with Crippen LogP contribution in [0.2, 0.25) is 0 Å². The molecule has 0 spiro atoms. The van der Waals surface area contributed by atoms with Crippen molar-refractivity contribution in [1.29, 1.82) is 0 Å². The number of rotatable bonds is 5. The van der Waals surface area contributed by atoms with Crippen molar-refractivity contribution in [2.24, 2.45) is 0 Å². The van der Waals surface area contributed by atoms with E-state index in [1.807, 2.05) is 6.07 Å². The van der Waals surface area contributed by atoms with Crippen LogP contribution in [-0.2, 0) is 6.42 Å². The Balaban J connectivity index is 1.33. The van der Waals surface area contributed by atoms with Crippen LogP contribution in [0, 0.1) is 0 Å². The molecule has 0 unspecified atom stereocenters. The lowest BCUT2D eigenvalue weighted by Gasteiger charge is -2.40. The standard InChI is InChI=1S/C16H26N2OS/c1(3-16-4-2-12-19-16)7-17-8-10-18(11-9-17)15-5-13-20-14-6-15/h2,4,12,15H,1,3,5-11,13-14H2. The Kier molecular flexibility index (Phi) is 5.45. The normalized spacial score (nSPS) is 23.2. The minimum Gasteiger partial charge on any atom is -0.469 e. The lowest BCUT2D eigenvalue weighted by molar-refractivity contribution is 0.0911. The molecule has 0 atom stereocenters. The number of aryl methyl sites for hydroxylation is 1. The molecule has 0 N–H and O–H groups in total. The summed E-state index contributed by atoms with van der Waals surface area (Å²) in [4.78, 5) is 5.36. The molecule has 0 aliphatic carbocycles. The predicted molar refractivity (Wildman–Crippen MR) is 85.4 cm³/mol. The van der Waals surface area contributed by atoms with Crippen LogP contribution in [-0.4, -0.2) is 60.1 Å². The van der Waals surface area contributed by atoms with Crippen LogP contribution in [0.15, 0.2) is 22.8 Å². The van der Waals surface area contributed by atoms with Gasteiger partial charge in [0.25, 0.3) is 0 Å². The third-order valence-corrected chi connectivity index (χ3v) is 5.64. The average Bonchev–Trinajstić information content (AvgIpc) is 3.02. The quantitative estimate of drug-likeness (QED) is 0.831. The van der Waals surface area contributed by atoms with Gasteiger partial charge in [-0.3, -0.25) is 4.90 Å². The molecule has 2 saturated heterocycles. The molecule has 3 rings (SSSR count). The second kappa shape index (κ2) is 7.53. The van der Waals surface area contributed by atoms with Gasteiger partial charge in [0.05, 0.1) is 6.26 Å². The summed E-state index contributed by atoms with van der Waals surface area (Å²) in [7, 11) is 0. The topological polar surface area (TPSA) is 19.6 Å². The van der Waals surface area contributed by atoms with E-state index in [1.54, 1.807) is 6.26 Å². The molecule has 0 radical (unpaired) electrons. The smallest absolute Gasteiger partial charge is 0.103 e. The molecule has 2 aliphatic rings. The Morgan fingerprint density at radius 2 is 1.95 bits per heavy atom. The van der Waals surface area contributed by atoms with E-state index in [0.717, 1.165) is 18.2 Å². The minimum absolute atomic E-state index is 0.876. The molecule has 2 aliphatic heterocycles. The van der Waals surface area contributed by atoms with Crippen molar-refractivity contribution in [3.63, 3.8) is 0 Å². The highest BCUT2D eigenvalue weighted by atomic mass is 32.2. The zero-order valence-electron chi connectivity index (χ0n) is 12.3. The maximum absolute atomic E-state index is 5.39. The fraction of sp³-hybridized carbons (Fsp3) is 0.750. The molecular weight excluding hydrogens is 268 g/mol. The summed E-state index contributed by atoms with van der Waals surface area (Å²) in [6.45, 7) is 6.27. The van der Waals surface area contributed by atoms with Gasteiger partial charge in [0.2, 0.25) is 0 Å². The molecule has 1 aromatic heterocycles. The molecule has 0 saturated carbocycles. The van der Waals surface area contributed by atoms with E-state index in [1.165, 1.54) is 63.5 Å². The van der Waals surface area contributed by atoms with Crippen LogP contribution in [0.3, 0.4) is 0 Å². The number of hydrogen-bond acceptors (Lipinski definition) is 4. The average molecular weight is 294 g/mol. The van der Waals surface area contributed by atoms with Crippen LogP contribution < -0.4 is 0 Å². The third kappa shape index (κ3) is 4.03. The van der Waals surface area contributed by atoms with Crippen molar-refractivity contribution in [3.05, 3.63) is 24.2 Å². The highest BCUT2D eigenvalue weighted by Gasteiger charge is 2.24. The largest absolute Gasteiger partial charge is 0.469 e. The van der Waals surface area contributed by atoms with E-state index < -0.39 is 0 Å². The van der Waals surface area contributed by atoms with Gasteiger partial charge in [-0.05, 0) is 49.4 Å². The van der Waals surface area contributed by atoms with Gasteiger partial charge in [-0.15, -0.1) is 0 Å². The van der Waals surface area contributed by atoms with Crippen LogP contribution in [0.1, 0.15) is 25.0 Å². The summed E-state index contributed by atoms with van der Waals surface area (Å²) in [5.74, 6) is 3.87. The van der Waals surface area contributed by atoms with Crippen LogP contribution in [0.5, 0.6) is 0 Å². The molecule has 2 fully saturated rings. The molecule has 3 heterocycles. The maximum Gasteiger partial charge on any atom is 0.103 e. The van der Waals surface area contributed by atoms with Crippen molar-refractivity contribution < 1.29 is 4.42 Å². The molecule has 20 heavy (non-hydrogen) atoms. The Bertz CT molecular complexity index is 368. The summed E-state index contributed by atoms with van der Waals surface area (Å²) in [6, 6.07) is 4.94. The van der Waals surface area contributed by atoms with Crippen molar-refractivity contribution in [3.8, 4) is 0 Å². The summed E-state index contributed by atoms with van der Waals surface area (Å²) >= 11 is 2.13. The first kappa shape index (κ1) is 14.5. The molecule has 4 heteroatoms. The monoisotopic (exact) mass is 294 g/mol. The van der Waals surface area contributed by atoms with Gasteiger partial charge >= 0.3 is 0 Å². The molecule has 1 aromatic rings. The summed E-state index contributed by atoms with van der Waals surface area (Å²) in [5, 5.41) is 0. The van der Waals surface area contributed by atoms with Gasteiger partial charge in [0, 0.05) is 38.6 Å². The number of piperazine rings is 1. The molecule has 0 bridgehead atoms. The molecule has 0 aromatic carbocycles. The van der Waals surface area contributed by atoms with Crippen LogP contribution in [0.25, 0.3) is 0 Å². The van der Waals surface area contributed by atoms with E-state index in [-0.39, 0.29) is 0 Å². The van der Waals surface area contributed by atoms with Gasteiger partial charge in [-0.1, -0.05) is 0 Å². The first-order chi connectivity index (χ1) is 9.92. The Morgan fingerprint density at radius 1 is 1.15 bits per heavy atom. The lowest BCUT2D eigenvalue weighted by atomic mass is 10.1. The van der Waals surface area contributed by atoms with Gasteiger partial charge in [0.15, 0.2) is 0 Å². The summed E-state index contributed by atoms with van der Waals surface area (Å²) < 4.78 is 5.39. The minimum atomic E-state index is 0.876. The van der Waals surface area contributed by atoms with Crippen molar-refractivity contribution in [2.75, 3.05) is 44.2 Å². The first-order valence-electron chi connectivity index (χ1n) is 7.98. The fourth-order valence-corrected chi connectivity index (χ4v) is 4.42. The second-order valence-corrected chi connectivity index (χ2v) is 7.13. The van der Waals surface area contributed by atoms with Crippen LogP contribution >= 0.6 is 11.8 Å². The predicted octanol–water partition coefficient (Wildman–Crippen LogP) is 2.73. The number of thioether (sulfide) groups is 1. The first-order valence-corrected chi connectivity index (χ1v) is 9.14. The number of nitrogens with zero attached hydrogens (tertiary/aromatic N) is 2. The van der Waals surface area contributed by atoms with Gasteiger partial charge in [-0.2, -0.15) is 11.8 Å². The molecule has 3 nitrogen and oxygen atoms in total. The van der Waals surface area contributed by atoms with E-state index in [2.05, 4.69) is 27.6 Å². The van der Waals surface area contributed by atoms with Crippen molar-refractivity contribution >= 4 is 11.8 Å². The summed E-state index contributed by atoms with van der Waals surface area (Å²) in [6.07, 6.45) is 6.88. The second-order valence-electron chi connectivity index (χ2n) is 5.90. The molecule has 0 amide bonds. The third-order valence-electron chi connectivity index (χ3n) is 4.59. The van der Waals surface area contributed by atoms with Gasteiger partial charge in [0.1, 0.15) is 5.76 Å². The van der Waals surface area contributed by atoms with Crippen LogP contribution in [0.4, 0.5) is 0 Å². The van der Waals surface area contributed by atoms with Gasteiger partial charge in [-0.25, -0.2) is 0 Å². The summed E-state index contributed by atoms with van der Waals surface area (Å²) in [5.41, 5.74) is 0. The van der Waals surface area contributed by atoms with E-state index in [0.29, 0.717) is 0 Å². The number of hydrogen-bond donors (Lipinski definition) is 0. The molecule has 112 valence electrons. The molecular formula is C16H26N2OS. The maximum atomic E-state index is 5.39. The SMILES string of the molecule is c1coc(CCCN2CCN(C3CCSCC3)CC2)c1. The van der Waals surface area contributed by atoms with E-state index >= 15 is 0 Å². The Morgan fingerprint density at radius 3 is 2.65 bits per heavy atom. The Labute approximate surface area is 126 Å². The van der Waals surface area contributed by atoms with Gasteiger partial charge < -0.3 is 9.32 Å². The lowest BCUT2D eigenvalue weighted by Crippen LogP contribution is -2.51. The van der Waals surface area contributed by atoms with Crippen molar-refractivity contribution in [2.45, 2.75) is 31.7 Å². The zero-order chi connectivity index (χ0) is 13.6. The highest BCUT2D eigenvalue weighted by molar-refractivity contribution is 7.99.